The van der Waals surface area contributed by atoms with Gasteiger partial charge >= 0.3 is 0 Å². The molecule has 4 aliphatic carbocycles. The van der Waals surface area contributed by atoms with Crippen LogP contribution in [-0.4, -0.2) is 127 Å². The van der Waals surface area contributed by atoms with Crippen LogP contribution in [-0.2, 0) is 18.9 Å². The van der Waals surface area contributed by atoms with E-state index in [2.05, 4.69) is 61.5 Å². The molecule has 2 aliphatic heterocycles. The highest BCUT2D eigenvalue weighted by Crippen LogP contribution is 2.76. The maximum Gasteiger partial charge on any atom is 0.187 e. The average Bonchev–Trinajstić information content (AvgIpc) is 3.47. The first-order valence-electron chi connectivity index (χ1n) is 20.8. The van der Waals surface area contributed by atoms with Crippen molar-refractivity contribution < 1.29 is 59.8 Å². The predicted molar refractivity (Wildman–Crippen MR) is 200 cm³/mol. The van der Waals surface area contributed by atoms with Crippen LogP contribution in [0.25, 0.3) is 0 Å². The van der Waals surface area contributed by atoms with Crippen LogP contribution < -0.4 is 0 Å². The highest BCUT2D eigenvalue weighted by molar-refractivity contribution is 5.18. The summed E-state index contributed by atoms with van der Waals surface area (Å²) < 4.78 is 24.4. The Bertz CT molecular complexity index is 1330. The van der Waals surface area contributed by atoms with Crippen LogP contribution in [0.5, 0.6) is 0 Å². The Balaban J connectivity index is 1.21. The summed E-state index contributed by atoms with van der Waals surface area (Å²) in [4.78, 5) is 0. The zero-order valence-electron chi connectivity index (χ0n) is 33.9. The quantitative estimate of drug-likeness (QED) is 0.120. The van der Waals surface area contributed by atoms with Crippen molar-refractivity contribution in [2.24, 2.45) is 45.3 Å². The van der Waals surface area contributed by atoms with Crippen molar-refractivity contribution in [3.8, 4) is 0 Å². The van der Waals surface area contributed by atoms with E-state index in [0.717, 1.165) is 57.8 Å². The van der Waals surface area contributed by atoms with E-state index in [1.807, 2.05) is 0 Å². The number of allylic oxidation sites excluding steroid dienone is 2. The van der Waals surface area contributed by atoms with Gasteiger partial charge < -0.3 is 59.8 Å². The molecule has 12 nitrogen and oxygen atoms in total. The number of fused-ring (bicyclic) bond motifs is 5. The van der Waals surface area contributed by atoms with Gasteiger partial charge in [0.2, 0.25) is 0 Å². The molecule has 0 spiro atoms. The molecule has 2 heterocycles. The molecule has 12 heteroatoms. The van der Waals surface area contributed by atoms with Gasteiger partial charge in [0.15, 0.2) is 12.6 Å². The fourth-order valence-corrected chi connectivity index (χ4v) is 13.4. The molecule has 54 heavy (non-hydrogen) atoms. The summed E-state index contributed by atoms with van der Waals surface area (Å²) in [5.74, 6) is 1.59. The monoisotopic (exact) mass is 769 g/mol. The van der Waals surface area contributed by atoms with Crippen molar-refractivity contribution in [1.82, 2.24) is 0 Å². The molecule has 0 bridgehead atoms. The van der Waals surface area contributed by atoms with Crippen molar-refractivity contribution in [1.29, 1.82) is 0 Å². The van der Waals surface area contributed by atoms with Crippen molar-refractivity contribution in [2.45, 2.75) is 193 Å². The highest BCUT2D eigenvalue weighted by atomic mass is 16.8. The molecule has 0 aromatic carbocycles. The fourth-order valence-electron chi connectivity index (χ4n) is 13.4. The van der Waals surface area contributed by atoms with Gasteiger partial charge in [-0.25, -0.2) is 0 Å². The second-order valence-electron chi connectivity index (χ2n) is 20.0. The van der Waals surface area contributed by atoms with Gasteiger partial charge in [0.05, 0.1) is 24.9 Å². The molecular formula is C42H72O12. The summed E-state index contributed by atoms with van der Waals surface area (Å²) in [7, 11) is 0. The summed E-state index contributed by atoms with van der Waals surface area (Å²) in [5.41, 5.74) is 0.555. The van der Waals surface area contributed by atoms with Crippen molar-refractivity contribution in [3.63, 3.8) is 0 Å². The minimum Gasteiger partial charge on any atom is -0.394 e. The lowest BCUT2D eigenvalue weighted by atomic mass is 9.35. The number of hydrogen-bond acceptors (Lipinski definition) is 12. The van der Waals surface area contributed by atoms with Gasteiger partial charge in [-0.05, 0) is 130 Å². The lowest BCUT2D eigenvalue weighted by Crippen LogP contribution is -2.66. The number of ether oxygens (including phenoxy) is 4. The number of hydrogen-bond donors (Lipinski definition) is 8. The Kier molecular flexibility index (Phi) is 12.3. The normalized spacial score (nSPS) is 51.4. The van der Waals surface area contributed by atoms with Gasteiger partial charge in [-0.15, -0.1) is 0 Å². The number of aliphatic hydroxyl groups excluding tert-OH is 7. The van der Waals surface area contributed by atoms with Crippen LogP contribution in [0.2, 0.25) is 0 Å². The van der Waals surface area contributed by atoms with Crippen LogP contribution in [0.4, 0.5) is 0 Å². The van der Waals surface area contributed by atoms with E-state index < -0.39 is 80.2 Å². The zero-order valence-corrected chi connectivity index (χ0v) is 33.9. The van der Waals surface area contributed by atoms with Gasteiger partial charge in [0.1, 0.15) is 48.8 Å². The summed E-state index contributed by atoms with van der Waals surface area (Å²) in [6.45, 7) is 17.2. The molecule has 0 aromatic rings. The third-order valence-corrected chi connectivity index (χ3v) is 16.6. The smallest absolute Gasteiger partial charge is 0.187 e. The Morgan fingerprint density at radius 3 is 1.94 bits per heavy atom. The summed E-state index contributed by atoms with van der Waals surface area (Å²) >= 11 is 0. The second kappa shape index (κ2) is 15.5. The molecule has 0 radical (unpaired) electrons. The first kappa shape index (κ1) is 42.9. The minimum absolute atomic E-state index is 0.0391. The molecule has 312 valence electrons. The van der Waals surface area contributed by atoms with Crippen LogP contribution >= 0.6 is 0 Å². The molecule has 8 N–H and O–H groups in total. The SMILES string of the molecule is CC(C)=CCCC(C)(O)C1CC[C@]2(C)C1CCC1[C@@]3(C)CC[C@@H](OC4O[C@H](CO)[C@@H](O)[C@H](O)[C@H]4OC4O[C@H](CO)[C@@H](O)[C@H](O)[C@H]4O)C(C)(C)C3CC[C@]12C. The molecule has 7 unspecified atom stereocenters. The zero-order chi connectivity index (χ0) is 39.8. The largest absolute Gasteiger partial charge is 0.394 e. The first-order chi connectivity index (χ1) is 25.2. The van der Waals surface area contributed by atoms with Crippen LogP contribution in [0.15, 0.2) is 11.6 Å². The Labute approximate surface area is 322 Å². The van der Waals surface area contributed by atoms with Crippen LogP contribution in [0, 0.1) is 45.3 Å². The van der Waals surface area contributed by atoms with E-state index in [4.69, 9.17) is 18.9 Å². The molecule has 2 saturated heterocycles. The minimum atomic E-state index is -1.73. The average molecular weight is 769 g/mol. The van der Waals surface area contributed by atoms with Gasteiger partial charge in [-0.3, -0.25) is 0 Å². The maximum atomic E-state index is 11.9. The summed E-state index contributed by atoms with van der Waals surface area (Å²) in [6.07, 6.45) is -3.01. The molecule has 19 atom stereocenters. The topological polar surface area (TPSA) is 199 Å². The van der Waals surface area contributed by atoms with Crippen LogP contribution in [0.3, 0.4) is 0 Å². The summed E-state index contributed by atoms with van der Waals surface area (Å²) in [6, 6.07) is 0. The molecule has 4 saturated carbocycles. The van der Waals surface area contributed by atoms with E-state index in [0.29, 0.717) is 30.1 Å². The van der Waals surface area contributed by atoms with Gasteiger partial charge in [0.25, 0.3) is 0 Å². The van der Waals surface area contributed by atoms with E-state index in [1.165, 1.54) is 5.57 Å². The van der Waals surface area contributed by atoms with Crippen LogP contribution in [0.1, 0.15) is 120 Å². The molecule has 6 fully saturated rings. The lowest BCUT2D eigenvalue weighted by molar-refractivity contribution is -0.378. The highest BCUT2D eigenvalue weighted by Gasteiger charge is 2.70. The molecule has 6 rings (SSSR count). The second-order valence-corrected chi connectivity index (χ2v) is 20.0. The molecule has 0 aromatic heterocycles. The lowest BCUT2D eigenvalue weighted by Gasteiger charge is -2.70. The Hall–Kier alpha value is -0.740. The Morgan fingerprint density at radius 1 is 0.704 bits per heavy atom. The third-order valence-electron chi connectivity index (χ3n) is 16.6. The third kappa shape index (κ3) is 6.97. The first-order valence-corrected chi connectivity index (χ1v) is 20.8. The van der Waals surface area contributed by atoms with E-state index in [1.54, 1.807) is 0 Å². The van der Waals surface area contributed by atoms with Gasteiger partial charge in [0, 0.05) is 0 Å². The molecule has 6 aliphatic rings. The molecular weight excluding hydrogens is 696 g/mol. The van der Waals surface area contributed by atoms with Crippen molar-refractivity contribution in [2.75, 3.05) is 13.2 Å². The van der Waals surface area contributed by atoms with E-state index >= 15 is 0 Å². The fraction of sp³-hybridized carbons (Fsp3) is 0.952. The van der Waals surface area contributed by atoms with Crippen molar-refractivity contribution in [3.05, 3.63) is 11.6 Å². The van der Waals surface area contributed by atoms with Gasteiger partial charge in [-0.1, -0.05) is 46.3 Å². The Morgan fingerprint density at radius 2 is 1.31 bits per heavy atom. The molecule has 0 amide bonds. The number of aliphatic hydroxyl groups is 8. The predicted octanol–water partition coefficient (Wildman–Crippen LogP) is 3.18. The van der Waals surface area contributed by atoms with Gasteiger partial charge in [-0.2, -0.15) is 0 Å². The summed E-state index contributed by atoms with van der Waals surface area (Å²) in [5, 5.41) is 85.2. The maximum absolute atomic E-state index is 11.9. The van der Waals surface area contributed by atoms with E-state index in [-0.39, 0.29) is 27.8 Å². The number of rotatable bonds is 10. The standard InChI is InChI=1S/C42H72O12/c1-22(2)10-9-16-42(8,50)24-13-18-40(6)23(24)11-12-28-39(5)17-15-29(38(3,4)27(39)14-19-41(28,40)7)53-37-35(33(48)31(46)26(21-44)52-37)54-36-34(49)32(47)30(45)25(20-43)51-36/h10,23-37,43-50H,9,11-21H2,1-8H3/t23?,24?,25-,26-,27?,28?,29-,30-,31-,32+,33+,34-,35-,36?,37?,39+,40-,41-,42?/m1/s1. The van der Waals surface area contributed by atoms with E-state index in [9.17, 15) is 40.9 Å². The van der Waals surface area contributed by atoms with Crippen molar-refractivity contribution >= 4 is 0 Å².